The van der Waals surface area contributed by atoms with Gasteiger partial charge in [-0.05, 0) is 43.4 Å². The molecule has 1 aromatic heterocycles. The second kappa shape index (κ2) is 9.31. The number of nitrogens with one attached hydrogen (secondary N) is 2. The summed E-state index contributed by atoms with van der Waals surface area (Å²) in [4.78, 5) is 30.5. The molecule has 0 aliphatic carbocycles. The Labute approximate surface area is 171 Å². The highest BCUT2D eigenvalue weighted by Gasteiger charge is 2.24. The summed E-state index contributed by atoms with van der Waals surface area (Å²) < 4.78 is 10.5. The number of rotatable bonds is 7. The van der Waals surface area contributed by atoms with Gasteiger partial charge >= 0.3 is 5.97 Å². The largest absolute Gasteiger partial charge is 0.497 e. The van der Waals surface area contributed by atoms with Crippen molar-refractivity contribution in [3.05, 3.63) is 23.9 Å². The average Bonchev–Trinajstić information content (AvgIpc) is 3.03. The molecule has 1 aliphatic heterocycles. The van der Waals surface area contributed by atoms with E-state index in [-0.39, 0.29) is 18.2 Å². The maximum atomic E-state index is 12.7. The molecule has 0 bridgehead atoms. The summed E-state index contributed by atoms with van der Waals surface area (Å²) in [5.41, 5.74) is 1.44. The molecule has 0 saturated carbocycles. The first-order valence-corrected chi connectivity index (χ1v) is 10.3. The molecule has 1 saturated heterocycles. The van der Waals surface area contributed by atoms with Gasteiger partial charge in [0.15, 0.2) is 0 Å². The Bertz CT molecular complexity index is 866. The van der Waals surface area contributed by atoms with E-state index < -0.39 is 5.97 Å². The first-order valence-electron chi connectivity index (χ1n) is 10.3. The van der Waals surface area contributed by atoms with E-state index in [1.807, 2.05) is 6.07 Å². The summed E-state index contributed by atoms with van der Waals surface area (Å²) in [5.74, 6) is 1.34. The molecule has 29 heavy (non-hydrogen) atoms. The summed E-state index contributed by atoms with van der Waals surface area (Å²) >= 11 is 0. The summed E-state index contributed by atoms with van der Waals surface area (Å²) in [7, 11) is 1.58. The van der Waals surface area contributed by atoms with Crippen molar-refractivity contribution >= 4 is 28.5 Å². The van der Waals surface area contributed by atoms with E-state index in [0.29, 0.717) is 36.2 Å². The number of H-pyrrole nitrogens is 1. The second-order valence-corrected chi connectivity index (χ2v) is 8.01. The van der Waals surface area contributed by atoms with Crippen molar-refractivity contribution in [2.75, 3.05) is 38.7 Å². The number of methoxy groups -OCH3 is 1. The first-order chi connectivity index (χ1) is 13.9. The normalized spacial score (nSPS) is 19.9. The van der Waals surface area contributed by atoms with Crippen LogP contribution in [0, 0.1) is 11.8 Å². The van der Waals surface area contributed by atoms with Crippen LogP contribution in [0.4, 0.5) is 5.69 Å². The van der Waals surface area contributed by atoms with Crippen LogP contribution in [0.15, 0.2) is 18.2 Å². The van der Waals surface area contributed by atoms with Crippen LogP contribution in [0.25, 0.3) is 10.9 Å². The maximum absolute atomic E-state index is 12.7. The SMILES string of the molecule is CCOC(=O)c1[nH]c2ccc(OC)cc2c1NC(=O)CCN1C[C@H](C)C[C@@H](C)C1. The fourth-order valence-electron chi connectivity index (χ4n) is 4.22. The summed E-state index contributed by atoms with van der Waals surface area (Å²) in [5, 5.41) is 3.66. The van der Waals surface area contributed by atoms with E-state index in [9.17, 15) is 9.59 Å². The Morgan fingerprint density at radius 3 is 2.62 bits per heavy atom. The van der Waals surface area contributed by atoms with Gasteiger partial charge in [0.25, 0.3) is 0 Å². The number of amides is 1. The third kappa shape index (κ3) is 5.09. The fraction of sp³-hybridized carbons (Fsp3) is 0.545. The minimum Gasteiger partial charge on any atom is -0.497 e. The zero-order valence-electron chi connectivity index (χ0n) is 17.7. The smallest absolute Gasteiger partial charge is 0.356 e. The summed E-state index contributed by atoms with van der Waals surface area (Å²) in [6.07, 6.45) is 1.61. The molecule has 0 unspecified atom stereocenters. The predicted molar refractivity (Wildman–Crippen MR) is 113 cm³/mol. The van der Waals surface area contributed by atoms with Gasteiger partial charge in [0.1, 0.15) is 11.4 Å². The van der Waals surface area contributed by atoms with Crippen LogP contribution in [0.2, 0.25) is 0 Å². The van der Waals surface area contributed by atoms with Gasteiger partial charge in [0.2, 0.25) is 5.91 Å². The number of aromatic nitrogens is 1. The number of piperidine rings is 1. The van der Waals surface area contributed by atoms with Gasteiger partial charge in [-0.3, -0.25) is 4.79 Å². The van der Waals surface area contributed by atoms with E-state index in [1.54, 1.807) is 26.2 Å². The molecule has 1 aromatic carbocycles. The Morgan fingerprint density at radius 1 is 1.24 bits per heavy atom. The fourth-order valence-corrected chi connectivity index (χ4v) is 4.22. The lowest BCUT2D eigenvalue weighted by Gasteiger charge is -2.34. The van der Waals surface area contributed by atoms with Crippen LogP contribution in [-0.4, -0.2) is 55.1 Å². The number of anilines is 1. The quantitative estimate of drug-likeness (QED) is 0.692. The molecular formula is C22H31N3O4. The highest BCUT2D eigenvalue weighted by atomic mass is 16.5. The van der Waals surface area contributed by atoms with E-state index in [0.717, 1.165) is 24.0 Å². The van der Waals surface area contributed by atoms with E-state index in [1.165, 1.54) is 6.42 Å². The molecule has 2 aromatic rings. The number of aromatic amines is 1. The van der Waals surface area contributed by atoms with Gasteiger partial charge in [0.05, 0.1) is 19.4 Å². The van der Waals surface area contributed by atoms with Crippen LogP contribution < -0.4 is 10.1 Å². The molecule has 7 nitrogen and oxygen atoms in total. The zero-order valence-corrected chi connectivity index (χ0v) is 17.7. The molecule has 1 aliphatic rings. The number of hydrogen-bond acceptors (Lipinski definition) is 5. The minimum atomic E-state index is -0.489. The van der Waals surface area contributed by atoms with Gasteiger partial charge in [-0.2, -0.15) is 0 Å². The molecule has 3 rings (SSSR count). The van der Waals surface area contributed by atoms with Gasteiger partial charge in [-0.25, -0.2) is 4.79 Å². The first kappa shape index (κ1) is 21.2. The molecule has 2 N–H and O–H groups in total. The number of hydrogen-bond donors (Lipinski definition) is 2. The molecule has 2 heterocycles. The van der Waals surface area contributed by atoms with Crippen LogP contribution in [-0.2, 0) is 9.53 Å². The van der Waals surface area contributed by atoms with Gasteiger partial charge in [0, 0.05) is 37.0 Å². The molecule has 7 heteroatoms. The molecule has 0 radical (unpaired) electrons. The number of fused-ring (bicyclic) bond motifs is 1. The van der Waals surface area contributed by atoms with E-state index in [2.05, 4.69) is 29.0 Å². The number of benzene rings is 1. The lowest BCUT2D eigenvalue weighted by molar-refractivity contribution is -0.116. The van der Waals surface area contributed by atoms with Crippen LogP contribution in [0.3, 0.4) is 0 Å². The number of nitrogens with zero attached hydrogens (tertiary/aromatic N) is 1. The summed E-state index contributed by atoms with van der Waals surface area (Å²) in [6.45, 7) is 9.28. The second-order valence-electron chi connectivity index (χ2n) is 8.01. The topological polar surface area (TPSA) is 83.7 Å². The zero-order chi connectivity index (χ0) is 21.0. The standard InChI is InChI=1S/C22H31N3O4/c1-5-29-22(27)21-20(17-11-16(28-4)6-7-18(17)23-21)24-19(26)8-9-25-12-14(2)10-15(3)13-25/h6-7,11,14-15,23H,5,8-10,12-13H2,1-4H3,(H,24,26)/t14-,15-/m1/s1. The van der Waals surface area contributed by atoms with Crippen molar-refractivity contribution in [2.24, 2.45) is 11.8 Å². The Kier molecular flexibility index (Phi) is 6.79. The van der Waals surface area contributed by atoms with Gasteiger partial charge in [-0.1, -0.05) is 13.8 Å². The summed E-state index contributed by atoms with van der Waals surface area (Å²) in [6, 6.07) is 5.43. The number of esters is 1. The Balaban J connectivity index is 1.77. The third-order valence-electron chi connectivity index (χ3n) is 5.35. The Hall–Kier alpha value is -2.54. The number of likely N-dealkylation sites (tertiary alicyclic amines) is 1. The maximum Gasteiger partial charge on any atom is 0.356 e. The van der Waals surface area contributed by atoms with Crippen molar-refractivity contribution in [1.29, 1.82) is 0 Å². The average molecular weight is 402 g/mol. The number of ether oxygens (including phenoxy) is 2. The van der Waals surface area contributed by atoms with Crippen molar-refractivity contribution in [3.8, 4) is 5.75 Å². The van der Waals surface area contributed by atoms with Crippen LogP contribution >= 0.6 is 0 Å². The number of carbonyl (C=O) groups excluding carboxylic acids is 2. The monoisotopic (exact) mass is 401 g/mol. The number of carbonyl (C=O) groups is 2. The molecule has 2 atom stereocenters. The van der Waals surface area contributed by atoms with Crippen molar-refractivity contribution < 1.29 is 19.1 Å². The van der Waals surface area contributed by atoms with E-state index >= 15 is 0 Å². The van der Waals surface area contributed by atoms with Crippen molar-refractivity contribution in [3.63, 3.8) is 0 Å². The minimum absolute atomic E-state index is 0.120. The molecular weight excluding hydrogens is 370 g/mol. The lowest BCUT2D eigenvalue weighted by Crippen LogP contribution is -2.40. The van der Waals surface area contributed by atoms with Gasteiger partial charge in [-0.15, -0.1) is 0 Å². The Morgan fingerprint density at radius 2 is 1.97 bits per heavy atom. The highest BCUT2D eigenvalue weighted by molar-refractivity contribution is 6.11. The van der Waals surface area contributed by atoms with Crippen molar-refractivity contribution in [2.45, 2.75) is 33.6 Å². The van der Waals surface area contributed by atoms with Gasteiger partial charge < -0.3 is 24.7 Å². The van der Waals surface area contributed by atoms with Crippen molar-refractivity contribution in [1.82, 2.24) is 9.88 Å². The van der Waals surface area contributed by atoms with Crippen LogP contribution in [0.5, 0.6) is 5.75 Å². The van der Waals surface area contributed by atoms with Crippen LogP contribution in [0.1, 0.15) is 44.1 Å². The molecule has 158 valence electrons. The third-order valence-corrected chi connectivity index (χ3v) is 5.35. The molecule has 1 amide bonds. The lowest BCUT2D eigenvalue weighted by atomic mass is 9.92. The highest BCUT2D eigenvalue weighted by Crippen LogP contribution is 2.31. The molecule has 1 fully saturated rings. The predicted octanol–water partition coefficient (Wildman–Crippen LogP) is 3.66. The van der Waals surface area contributed by atoms with E-state index in [4.69, 9.17) is 9.47 Å². The molecule has 0 spiro atoms.